The van der Waals surface area contributed by atoms with E-state index in [0.29, 0.717) is 0 Å². The van der Waals surface area contributed by atoms with Gasteiger partial charge in [-0.25, -0.2) is 4.98 Å². The van der Waals surface area contributed by atoms with Crippen LogP contribution in [0, 0.1) is 5.92 Å². The molecule has 0 bridgehead atoms. The maximum atomic E-state index is 4.21. The third kappa shape index (κ3) is 4.09. The van der Waals surface area contributed by atoms with Crippen molar-refractivity contribution in [2.24, 2.45) is 5.92 Å². The van der Waals surface area contributed by atoms with Gasteiger partial charge in [0.25, 0.3) is 0 Å². The van der Waals surface area contributed by atoms with E-state index >= 15 is 0 Å². The first kappa shape index (κ1) is 11.5. The van der Waals surface area contributed by atoms with E-state index in [9.17, 15) is 0 Å². The van der Waals surface area contributed by atoms with Crippen molar-refractivity contribution in [3.8, 4) is 0 Å². The van der Waals surface area contributed by atoms with Crippen molar-refractivity contribution in [1.82, 2.24) is 4.98 Å². The molecule has 1 aromatic heterocycles. The van der Waals surface area contributed by atoms with E-state index in [1.165, 1.54) is 25.7 Å². The zero-order valence-corrected chi connectivity index (χ0v) is 9.94. The summed E-state index contributed by atoms with van der Waals surface area (Å²) in [6, 6.07) is 0. The molecule has 1 aromatic rings. The van der Waals surface area contributed by atoms with Crippen molar-refractivity contribution in [2.75, 3.05) is 11.9 Å². The van der Waals surface area contributed by atoms with E-state index < -0.39 is 0 Å². The lowest BCUT2D eigenvalue weighted by atomic mass is 10.00. The molecule has 0 spiro atoms. The number of nitrogens with one attached hydrogen (secondary N) is 1. The molecular formula is C11H20N2S. The molecule has 1 unspecified atom stereocenters. The van der Waals surface area contributed by atoms with Crippen molar-refractivity contribution in [1.29, 1.82) is 0 Å². The van der Waals surface area contributed by atoms with Gasteiger partial charge in [0.15, 0.2) is 5.13 Å². The Morgan fingerprint density at radius 2 is 2.36 bits per heavy atom. The fourth-order valence-corrected chi connectivity index (χ4v) is 2.02. The molecule has 0 fully saturated rings. The summed E-state index contributed by atoms with van der Waals surface area (Å²) in [6.45, 7) is 5.59. The van der Waals surface area contributed by atoms with E-state index in [1.54, 1.807) is 11.3 Å². The average Bonchev–Trinajstić information content (AvgIpc) is 2.71. The minimum absolute atomic E-state index is 0.804. The lowest BCUT2D eigenvalue weighted by Crippen LogP contribution is -2.13. The van der Waals surface area contributed by atoms with Crippen molar-refractivity contribution < 1.29 is 0 Å². The van der Waals surface area contributed by atoms with Crippen LogP contribution < -0.4 is 5.32 Å². The second-order valence-electron chi connectivity index (χ2n) is 3.63. The van der Waals surface area contributed by atoms with Gasteiger partial charge in [-0.2, -0.15) is 0 Å². The number of aromatic nitrogens is 1. The van der Waals surface area contributed by atoms with E-state index in [-0.39, 0.29) is 0 Å². The topological polar surface area (TPSA) is 24.9 Å². The van der Waals surface area contributed by atoms with Gasteiger partial charge in [0, 0.05) is 18.1 Å². The van der Waals surface area contributed by atoms with Gasteiger partial charge in [0.2, 0.25) is 0 Å². The molecular weight excluding hydrogens is 192 g/mol. The monoisotopic (exact) mass is 212 g/mol. The SMILES string of the molecule is CCCCC(CC)CNc1nccs1. The summed E-state index contributed by atoms with van der Waals surface area (Å²) < 4.78 is 0. The van der Waals surface area contributed by atoms with Crippen LogP contribution in [0.5, 0.6) is 0 Å². The highest BCUT2D eigenvalue weighted by atomic mass is 32.1. The van der Waals surface area contributed by atoms with Gasteiger partial charge in [-0.3, -0.25) is 0 Å². The zero-order chi connectivity index (χ0) is 10.2. The fraction of sp³-hybridized carbons (Fsp3) is 0.727. The van der Waals surface area contributed by atoms with Gasteiger partial charge in [0.1, 0.15) is 0 Å². The molecule has 14 heavy (non-hydrogen) atoms. The Morgan fingerprint density at radius 1 is 1.50 bits per heavy atom. The van der Waals surface area contributed by atoms with E-state index in [2.05, 4.69) is 24.1 Å². The molecule has 80 valence electrons. The predicted molar refractivity (Wildman–Crippen MR) is 63.9 cm³/mol. The van der Waals surface area contributed by atoms with Crippen molar-refractivity contribution >= 4 is 16.5 Å². The number of nitrogens with zero attached hydrogens (tertiary/aromatic N) is 1. The molecule has 1 rings (SSSR count). The van der Waals surface area contributed by atoms with Crippen molar-refractivity contribution in [3.05, 3.63) is 11.6 Å². The Morgan fingerprint density at radius 3 is 2.93 bits per heavy atom. The minimum atomic E-state index is 0.804. The van der Waals surface area contributed by atoms with E-state index in [4.69, 9.17) is 0 Å². The van der Waals surface area contributed by atoms with Gasteiger partial charge in [-0.05, 0) is 12.3 Å². The fourth-order valence-electron chi connectivity index (χ4n) is 1.49. The zero-order valence-electron chi connectivity index (χ0n) is 9.12. The van der Waals surface area contributed by atoms with E-state index in [1.807, 2.05) is 11.6 Å². The van der Waals surface area contributed by atoms with Crippen LogP contribution in [-0.4, -0.2) is 11.5 Å². The number of thiazole rings is 1. The third-order valence-corrected chi connectivity index (χ3v) is 3.25. The molecule has 0 saturated carbocycles. The molecule has 3 heteroatoms. The highest BCUT2D eigenvalue weighted by molar-refractivity contribution is 7.13. The second kappa shape index (κ2) is 6.82. The van der Waals surface area contributed by atoms with Crippen LogP contribution in [0.25, 0.3) is 0 Å². The highest BCUT2D eigenvalue weighted by Gasteiger charge is 2.05. The Kier molecular flexibility index (Phi) is 5.60. The van der Waals surface area contributed by atoms with Crippen molar-refractivity contribution in [3.63, 3.8) is 0 Å². The summed E-state index contributed by atoms with van der Waals surface area (Å²) in [5.41, 5.74) is 0. The average molecular weight is 212 g/mol. The first-order chi connectivity index (χ1) is 6.86. The first-order valence-electron chi connectivity index (χ1n) is 5.50. The van der Waals surface area contributed by atoms with Crippen LogP contribution in [0.1, 0.15) is 39.5 Å². The summed E-state index contributed by atoms with van der Waals surface area (Å²) in [6.07, 6.45) is 7.09. The normalized spacial score (nSPS) is 12.7. The second-order valence-corrected chi connectivity index (χ2v) is 4.53. The van der Waals surface area contributed by atoms with Crippen molar-refractivity contribution in [2.45, 2.75) is 39.5 Å². The quantitative estimate of drug-likeness (QED) is 0.744. The number of anilines is 1. The van der Waals surface area contributed by atoms with Crippen LogP contribution in [0.4, 0.5) is 5.13 Å². The summed E-state index contributed by atoms with van der Waals surface area (Å²) in [5.74, 6) is 0.804. The molecule has 1 N–H and O–H groups in total. The number of unbranched alkanes of at least 4 members (excludes halogenated alkanes) is 1. The molecule has 1 atom stereocenters. The molecule has 0 aliphatic carbocycles. The van der Waals surface area contributed by atoms with Crippen LogP contribution in [0.2, 0.25) is 0 Å². The Bertz CT molecular complexity index is 221. The molecule has 1 heterocycles. The highest BCUT2D eigenvalue weighted by Crippen LogP contribution is 2.15. The van der Waals surface area contributed by atoms with Crippen LogP contribution in [0.3, 0.4) is 0 Å². The lowest BCUT2D eigenvalue weighted by molar-refractivity contribution is 0.472. The molecule has 0 aromatic carbocycles. The maximum absolute atomic E-state index is 4.21. The number of rotatable bonds is 7. The molecule has 0 radical (unpaired) electrons. The smallest absolute Gasteiger partial charge is 0.182 e. The third-order valence-electron chi connectivity index (χ3n) is 2.52. The predicted octanol–water partition coefficient (Wildman–Crippen LogP) is 3.77. The standard InChI is InChI=1S/C11H20N2S/c1-3-5-6-10(4-2)9-13-11-12-7-8-14-11/h7-8,10H,3-6,9H2,1-2H3,(H,12,13). The van der Waals surface area contributed by atoms with E-state index in [0.717, 1.165) is 17.6 Å². The Labute approximate surface area is 90.8 Å². The van der Waals surface area contributed by atoms with Gasteiger partial charge in [-0.1, -0.05) is 33.1 Å². The summed E-state index contributed by atoms with van der Waals surface area (Å²) in [5, 5.41) is 6.46. The molecule has 0 amide bonds. The van der Waals surface area contributed by atoms with Crippen LogP contribution in [-0.2, 0) is 0 Å². The summed E-state index contributed by atoms with van der Waals surface area (Å²) >= 11 is 1.68. The van der Waals surface area contributed by atoms with Crippen LogP contribution in [0.15, 0.2) is 11.6 Å². The molecule has 0 saturated heterocycles. The summed E-state index contributed by atoms with van der Waals surface area (Å²) in [7, 11) is 0. The van der Waals surface area contributed by atoms with Gasteiger partial charge >= 0.3 is 0 Å². The minimum Gasteiger partial charge on any atom is -0.361 e. The first-order valence-corrected chi connectivity index (χ1v) is 6.38. The Hall–Kier alpha value is -0.570. The summed E-state index contributed by atoms with van der Waals surface area (Å²) in [4.78, 5) is 4.21. The Balaban J connectivity index is 2.20. The number of hydrogen-bond acceptors (Lipinski definition) is 3. The largest absolute Gasteiger partial charge is 0.361 e. The number of hydrogen-bond donors (Lipinski definition) is 1. The molecule has 2 nitrogen and oxygen atoms in total. The van der Waals surface area contributed by atoms with Gasteiger partial charge < -0.3 is 5.32 Å². The van der Waals surface area contributed by atoms with Gasteiger partial charge in [0.05, 0.1) is 0 Å². The maximum Gasteiger partial charge on any atom is 0.182 e. The van der Waals surface area contributed by atoms with Gasteiger partial charge in [-0.15, -0.1) is 11.3 Å². The molecule has 0 aliphatic heterocycles. The lowest BCUT2D eigenvalue weighted by Gasteiger charge is -2.14. The molecule has 0 aliphatic rings. The van der Waals surface area contributed by atoms with Crippen LogP contribution >= 0.6 is 11.3 Å².